The van der Waals surface area contributed by atoms with Crippen molar-refractivity contribution in [3.05, 3.63) is 24.0 Å². The van der Waals surface area contributed by atoms with Crippen LogP contribution in [-0.4, -0.2) is 15.2 Å². The zero-order valence-electron chi connectivity index (χ0n) is 7.16. The average Bonchev–Trinajstić information content (AvgIpc) is 2.57. The molecule has 14 heavy (non-hydrogen) atoms. The Morgan fingerprint density at radius 3 is 2.64 bits per heavy atom. The molecule has 72 valence electrons. The number of benzene rings is 1. The van der Waals surface area contributed by atoms with Crippen LogP contribution in [0.3, 0.4) is 0 Å². The molecule has 0 amide bonds. The number of aromatic amines is 1. The summed E-state index contributed by atoms with van der Waals surface area (Å²) in [6.07, 6.45) is 0. The van der Waals surface area contributed by atoms with E-state index in [1.165, 1.54) is 12.1 Å². The van der Waals surface area contributed by atoms with Gasteiger partial charge in [0.05, 0.1) is 5.69 Å². The smallest absolute Gasteiger partial charge is 0.239 e. The van der Waals surface area contributed by atoms with Crippen molar-refractivity contribution in [2.45, 2.75) is 0 Å². The van der Waals surface area contributed by atoms with E-state index in [0.29, 0.717) is 11.4 Å². The molecular weight excluding hydrogens is 185 g/mol. The molecule has 5 nitrogen and oxygen atoms in total. The zero-order valence-corrected chi connectivity index (χ0v) is 7.16. The molecule has 2 rings (SSSR count). The number of anilines is 2. The molecule has 0 aliphatic carbocycles. The highest BCUT2D eigenvalue weighted by atomic mass is 19.1. The Kier molecular flexibility index (Phi) is 1.81. The Morgan fingerprint density at radius 2 is 2.07 bits per heavy atom. The summed E-state index contributed by atoms with van der Waals surface area (Å²) in [7, 11) is 0. The number of halogens is 1. The lowest BCUT2D eigenvalue weighted by Crippen LogP contribution is -1.91. The molecule has 0 unspecified atom stereocenters. The van der Waals surface area contributed by atoms with Crippen molar-refractivity contribution < 1.29 is 4.39 Å². The predicted molar refractivity (Wildman–Crippen MR) is 50.6 cm³/mol. The van der Waals surface area contributed by atoms with Crippen molar-refractivity contribution in [1.29, 1.82) is 0 Å². The third kappa shape index (κ3) is 1.37. The van der Waals surface area contributed by atoms with Crippen LogP contribution in [0.1, 0.15) is 0 Å². The van der Waals surface area contributed by atoms with Gasteiger partial charge in [-0.2, -0.15) is 4.98 Å². The van der Waals surface area contributed by atoms with Crippen LogP contribution < -0.4 is 11.5 Å². The molecule has 0 aliphatic heterocycles. The fraction of sp³-hybridized carbons (Fsp3) is 0. The average molecular weight is 193 g/mol. The Labute approximate surface area is 79.0 Å². The molecule has 0 spiro atoms. The van der Waals surface area contributed by atoms with Crippen molar-refractivity contribution in [3.8, 4) is 11.4 Å². The summed E-state index contributed by atoms with van der Waals surface area (Å²) in [6, 6.07) is 4.37. The number of H-pyrrole nitrogens is 1. The Hall–Kier alpha value is -2.11. The van der Waals surface area contributed by atoms with Gasteiger partial charge in [-0.15, -0.1) is 5.10 Å². The van der Waals surface area contributed by atoms with Gasteiger partial charge >= 0.3 is 0 Å². The number of nitrogens with two attached hydrogens (primary N) is 2. The van der Waals surface area contributed by atoms with Crippen LogP contribution in [0.15, 0.2) is 18.2 Å². The maximum Gasteiger partial charge on any atom is 0.239 e. The van der Waals surface area contributed by atoms with E-state index in [1.807, 2.05) is 0 Å². The molecule has 0 fully saturated rings. The summed E-state index contributed by atoms with van der Waals surface area (Å²) in [5.74, 6) is 0.0519. The molecule has 0 aliphatic rings. The third-order valence-electron chi connectivity index (χ3n) is 1.78. The quantitative estimate of drug-likeness (QED) is 0.583. The molecule has 1 aromatic heterocycles. The summed E-state index contributed by atoms with van der Waals surface area (Å²) < 4.78 is 13.1. The topological polar surface area (TPSA) is 93.6 Å². The standard InChI is InChI=1S/C8H8FN5/c9-5-3-4(1-2-6(5)10)7-12-8(11)14-13-7/h1-3H,10H2,(H3,11,12,13,14). The minimum absolute atomic E-state index is 0.0984. The first-order valence-corrected chi connectivity index (χ1v) is 3.90. The molecule has 0 atom stereocenters. The summed E-state index contributed by atoms with van der Waals surface area (Å²) in [5, 5.41) is 6.21. The van der Waals surface area contributed by atoms with Crippen molar-refractivity contribution >= 4 is 11.6 Å². The summed E-state index contributed by atoms with van der Waals surface area (Å²) in [4.78, 5) is 3.86. The van der Waals surface area contributed by atoms with Gasteiger partial charge in [0.1, 0.15) is 5.82 Å². The van der Waals surface area contributed by atoms with Crippen LogP contribution in [0.2, 0.25) is 0 Å². The summed E-state index contributed by atoms with van der Waals surface area (Å²) in [6.45, 7) is 0. The lowest BCUT2D eigenvalue weighted by Gasteiger charge is -1.98. The molecule has 5 N–H and O–H groups in total. The maximum absolute atomic E-state index is 13.1. The highest BCUT2D eigenvalue weighted by Gasteiger charge is 2.05. The van der Waals surface area contributed by atoms with Gasteiger partial charge in [-0.1, -0.05) is 0 Å². The van der Waals surface area contributed by atoms with Gasteiger partial charge in [0.25, 0.3) is 0 Å². The van der Waals surface area contributed by atoms with Crippen LogP contribution >= 0.6 is 0 Å². The van der Waals surface area contributed by atoms with E-state index in [2.05, 4.69) is 15.2 Å². The van der Waals surface area contributed by atoms with E-state index >= 15 is 0 Å². The van der Waals surface area contributed by atoms with Gasteiger partial charge in [0, 0.05) is 5.56 Å². The first-order valence-electron chi connectivity index (χ1n) is 3.90. The minimum Gasteiger partial charge on any atom is -0.396 e. The normalized spacial score (nSPS) is 10.4. The van der Waals surface area contributed by atoms with Gasteiger partial charge in [-0.3, -0.25) is 5.10 Å². The first-order chi connectivity index (χ1) is 6.66. The molecule has 0 saturated carbocycles. The van der Waals surface area contributed by atoms with E-state index in [9.17, 15) is 4.39 Å². The molecule has 6 heteroatoms. The van der Waals surface area contributed by atoms with Crippen LogP contribution in [-0.2, 0) is 0 Å². The highest BCUT2D eigenvalue weighted by Crippen LogP contribution is 2.19. The van der Waals surface area contributed by atoms with Crippen molar-refractivity contribution in [1.82, 2.24) is 15.2 Å². The van der Waals surface area contributed by atoms with Gasteiger partial charge in [-0.25, -0.2) is 4.39 Å². The van der Waals surface area contributed by atoms with E-state index in [0.717, 1.165) is 0 Å². The Morgan fingerprint density at radius 1 is 1.29 bits per heavy atom. The number of hydrogen-bond acceptors (Lipinski definition) is 4. The molecule has 1 aromatic carbocycles. The molecular formula is C8H8FN5. The minimum atomic E-state index is -0.488. The van der Waals surface area contributed by atoms with Gasteiger partial charge in [0.15, 0.2) is 5.82 Å². The maximum atomic E-state index is 13.1. The lowest BCUT2D eigenvalue weighted by molar-refractivity contribution is 0.633. The van der Waals surface area contributed by atoms with Crippen LogP contribution in [0, 0.1) is 5.82 Å². The molecule has 1 heterocycles. The fourth-order valence-corrected chi connectivity index (χ4v) is 1.08. The number of rotatable bonds is 1. The second-order valence-corrected chi connectivity index (χ2v) is 2.78. The predicted octanol–water partition coefficient (Wildman–Crippen LogP) is 0.775. The number of aromatic nitrogens is 3. The van der Waals surface area contributed by atoms with Crippen LogP contribution in [0.4, 0.5) is 16.0 Å². The largest absolute Gasteiger partial charge is 0.396 e. The number of hydrogen-bond donors (Lipinski definition) is 3. The van der Waals surface area contributed by atoms with E-state index in [1.54, 1.807) is 6.07 Å². The van der Waals surface area contributed by atoms with Crippen molar-refractivity contribution in [2.24, 2.45) is 0 Å². The van der Waals surface area contributed by atoms with E-state index in [4.69, 9.17) is 11.5 Å². The number of nitrogens with one attached hydrogen (secondary N) is 1. The second kappa shape index (κ2) is 2.99. The summed E-state index contributed by atoms with van der Waals surface area (Å²) >= 11 is 0. The second-order valence-electron chi connectivity index (χ2n) is 2.78. The number of nitrogens with zero attached hydrogens (tertiary/aromatic N) is 2. The molecule has 0 saturated heterocycles. The van der Waals surface area contributed by atoms with Gasteiger partial charge in [0.2, 0.25) is 5.95 Å². The number of nitrogen functional groups attached to an aromatic ring is 2. The molecule has 0 bridgehead atoms. The molecule has 0 radical (unpaired) electrons. The van der Waals surface area contributed by atoms with Crippen LogP contribution in [0.25, 0.3) is 11.4 Å². The van der Waals surface area contributed by atoms with E-state index < -0.39 is 5.82 Å². The first kappa shape index (κ1) is 8.49. The van der Waals surface area contributed by atoms with Crippen LogP contribution in [0.5, 0.6) is 0 Å². The van der Waals surface area contributed by atoms with Gasteiger partial charge < -0.3 is 11.5 Å². The Balaban J connectivity index is 2.47. The fourth-order valence-electron chi connectivity index (χ4n) is 1.08. The van der Waals surface area contributed by atoms with Gasteiger partial charge in [-0.05, 0) is 18.2 Å². The zero-order chi connectivity index (χ0) is 10.1. The van der Waals surface area contributed by atoms with E-state index in [-0.39, 0.29) is 11.6 Å². The molecule has 2 aromatic rings. The van der Waals surface area contributed by atoms with Crippen molar-refractivity contribution in [3.63, 3.8) is 0 Å². The SMILES string of the molecule is Nc1n[nH]c(-c2ccc(N)c(F)c2)n1. The van der Waals surface area contributed by atoms with Crippen molar-refractivity contribution in [2.75, 3.05) is 11.5 Å². The lowest BCUT2D eigenvalue weighted by atomic mass is 10.2. The monoisotopic (exact) mass is 193 g/mol. The summed E-state index contributed by atoms with van der Waals surface area (Å²) in [5.41, 5.74) is 11.3. The highest BCUT2D eigenvalue weighted by molar-refractivity contribution is 5.59. The Bertz CT molecular complexity index is 465. The third-order valence-corrected chi connectivity index (χ3v) is 1.78.